The minimum atomic E-state index is -0.376. The lowest BCUT2D eigenvalue weighted by molar-refractivity contribution is -0.384. The highest BCUT2D eigenvalue weighted by Gasteiger charge is 2.14. The molecule has 0 aromatic heterocycles. The fourth-order valence-corrected chi connectivity index (χ4v) is 2.80. The van der Waals surface area contributed by atoms with Gasteiger partial charge in [0.25, 0.3) is 5.69 Å². The summed E-state index contributed by atoms with van der Waals surface area (Å²) in [6.45, 7) is 1.22. The third-order valence-electron chi connectivity index (χ3n) is 4.00. The minimum absolute atomic E-state index is 0.0946. The van der Waals surface area contributed by atoms with Gasteiger partial charge in [-0.25, -0.2) is 0 Å². The van der Waals surface area contributed by atoms with E-state index in [0.29, 0.717) is 24.8 Å². The summed E-state index contributed by atoms with van der Waals surface area (Å²) in [7, 11) is 1.76. The van der Waals surface area contributed by atoms with E-state index < -0.39 is 0 Å². The SMILES string of the molecule is CN=C(NCCNc1ccccc1[N+](=O)[O-])NC1CCCCC1. The molecule has 7 nitrogen and oxygen atoms in total. The largest absolute Gasteiger partial charge is 0.378 e. The number of hydrogen-bond donors (Lipinski definition) is 3. The Morgan fingerprint density at radius 2 is 2.00 bits per heavy atom. The van der Waals surface area contributed by atoms with Gasteiger partial charge in [0, 0.05) is 32.2 Å². The first-order valence-electron chi connectivity index (χ1n) is 8.15. The van der Waals surface area contributed by atoms with Crippen LogP contribution in [0.3, 0.4) is 0 Å². The minimum Gasteiger partial charge on any atom is -0.378 e. The Bertz CT molecular complexity index is 541. The van der Waals surface area contributed by atoms with Crippen molar-refractivity contribution < 1.29 is 4.92 Å². The third kappa shape index (κ3) is 5.43. The maximum atomic E-state index is 11.0. The van der Waals surface area contributed by atoms with Gasteiger partial charge in [-0.1, -0.05) is 31.4 Å². The standard InChI is InChI=1S/C16H25N5O2/c1-17-16(20-13-7-3-2-4-8-13)19-12-11-18-14-9-5-6-10-15(14)21(22)23/h5-6,9-10,13,18H,2-4,7-8,11-12H2,1H3,(H2,17,19,20). The third-order valence-corrected chi connectivity index (χ3v) is 4.00. The van der Waals surface area contributed by atoms with Crippen LogP contribution < -0.4 is 16.0 Å². The molecule has 1 aromatic rings. The molecule has 0 bridgehead atoms. The van der Waals surface area contributed by atoms with Crippen molar-refractivity contribution in [3.63, 3.8) is 0 Å². The lowest BCUT2D eigenvalue weighted by Crippen LogP contribution is -2.45. The molecule has 0 saturated heterocycles. The van der Waals surface area contributed by atoms with Gasteiger partial charge in [-0.3, -0.25) is 15.1 Å². The molecule has 0 spiro atoms. The fourth-order valence-electron chi connectivity index (χ4n) is 2.80. The van der Waals surface area contributed by atoms with Crippen LogP contribution in [0.2, 0.25) is 0 Å². The number of nitro groups is 1. The molecule has 7 heteroatoms. The van der Waals surface area contributed by atoms with Gasteiger partial charge in [0.05, 0.1) is 4.92 Å². The van der Waals surface area contributed by atoms with Crippen LogP contribution in [0.1, 0.15) is 32.1 Å². The molecule has 0 aliphatic heterocycles. The summed E-state index contributed by atoms with van der Waals surface area (Å²) in [5.74, 6) is 0.793. The molecule has 1 aliphatic carbocycles. The van der Waals surface area contributed by atoms with E-state index in [0.717, 1.165) is 5.96 Å². The second kappa shape index (κ2) is 8.97. The first-order valence-corrected chi connectivity index (χ1v) is 8.15. The lowest BCUT2D eigenvalue weighted by atomic mass is 9.96. The molecule has 23 heavy (non-hydrogen) atoms. The molecule has 0 radical (unpaired) electrons. The molecule has 126 valence electrons. The summed E-state index contributed by atoms with van der Waals surface area (Å²) in [5, 5.41) is 20.7. The number of rotatable bonds is 6. The van der Waals surface area contributed by atoms with Crippen LogP contribution in [0, 0.1) is 10.1 Å². The Labute approximate surface area is 136 Å². The number of para-hydroxylation sites is 2. The van der Waals surface area contributed by atoms with E-state index in [2.05, 4.69) is 20.9 Å². The van der Waals surface area contributed by atoms with Crippen LogP contribution in [-0.4, -0.2) is 37.1 Å². The average Bonchev–Trinajstić information content (AvgIpc) is 2.58. The molecule has 2 rings (SSSR count). The molecule has 3 N–H and O–H groups in total. The predicted molar refractivity (Wildman–Crippen MR) is 93.0 cm³/mol. The summed E-state index contributed by atoms with van der Waals surface area (Å²) in [6, 6.07) is 7.16. The van der Waals surface area contributed by atoms with Crippen molar-refractivity contribution in [2.24, 2.45) is 4.99 Å². The monoisotopic (exact) mass is 319 g/mol. The highest BCUT2D eigenvalue weighted by atomic mass is 16.6. The molecule has 0 unspecified atom stereocenters. The number of hydrogen-bond acceptors (Lipinski definition) is 4. The zero-order valence-corrected chi connectivity index (χ0v) is 13.5. The van der Waals surface area contributed by atoms with Gasteiger partial charge in [0.2, 0.25) is 0 Å². The van der Waals surface area contributed by atoms with Crippen LogP contribution in [0.25, 0.3) is 0 Å². The Morgan fingerprint density at radius 3 is 2.70 bits per heavy atom. The van der Waals surface area contributed by atoms with Crippen molar-refractivity contribution in [2.75, 3.05) is 25.5 Å². The highest BCUT2D eigenvalue weighted by molar-refractivity contribution is 5.80. The van der Waals surface area contributed by atoms with E-state index in [1.54, 1.807) is 25.2 Å². The number of nitrogens with zero attached hydrogens (tertiary/aromatic N) is 2. The number of nitro benzene ring substituents is 1. The van der Waals surface area contributed by atoms with Crippen LogP contribution in [0.5, 0.6) is 0 Å². The summed E-state index contributed by atoms with van der Waals surface area (Å²) in [4.78, 5) is 14.8. The van der Waals surface area contributed by atoms with Crippen molar-refractivity contribution in [1.29, 1.82) is 0 Å². The quantitative estimate of drug-likeness (QED) is 0.246. The van der Waals surface area contributed by atoms with Crippen molar-refractivity contribution in [3.8, 4) is 0 Å². The second-order valence-electron chi connectivity index (χ2n) is 5.68. The molecule has 1 fully saturated rings. The maximum absolute atomic E-state index is 11.0. The van der Waals surface area contributed by atoms with Gasteiger partial charge in [-0.05, 0) is 18.9 Å². The molecule has 0 atom stereocenters. The number of aliphatic imine (C=N–C) groups is 1. The Morgan fingerprint density at radius 1 is 1.26 bits per heavy atom. The van der Waals surface area contributed by atoms with E-state index >= 15 is 0 Å². The number of nitrogens with one attached hydrogen (secondary N) is 3. The van der Waals surface area contributed by atoms with E-state index in [1.165, 1.54) is 38.2 Å². The number of guanidine groups is 1. The zero-order valence-electron chi connectivity index (χ0n) is 13.5. The molecule has 0 amide bonds. The summed E-state index contributed by atoms with van der Waals surface area (Å²) >= 11 is 0. The topological polar surface area (TPSA) is 91.6 Å². The summed E-state index contributed by atoms with van der Waals surface area (Å²) in [6.07, 6.45) is 6.25. The van der Waals surface area contributed by atoms with Crippen LogP contribution in [0.15, 0.2) is 29.3 Å². The van der Waals surface area contributed by atoms with Crippen LogP contribution >= 0.6 is 0 Å². The van der Waals surface area contributed by atoms with Crippen molar-refractivity contribution in [2.45, 2.75) is 38.1 Å². The molecular weight excluding hydrogens is 294 g/mol. The van der Waals surface area contributed by atoms with Gasteiger partial charge in [0.1, 0.15) is 5.69 Å². The van der Waals surface area contributed by atoms with E-state index in [-0.39, 0.29) is 10.6 Å². The molecule has 1 aromatic carbocycles. The van der Waals surface area contributed by atoms with Gasteiger partial charge in [-0.15, -0.1) is 0 Å². The maximum Gasteiger partial charge on any atom is 0.292 e. The normalized spacial score (nSPS) is 16.0. The smallest absolute Gasteiger partial charge is 0.292 e. The van der Waals surface area contributed by atoms with Crippen molar-refractivity contribution in [3.05, 3.63) is 34.4 Å². The van der Waals surface area contributed by atoms with Gasteiger partial charge in [-0.2, -0.15) is 0 Å². The number of benzene rings is 1. The van der Waals surface area contributed by atoms with Gasteiger partial charge < -0.3 is 16.0 Å². The zero-order chi connectivity index (χ0) is 16.5. The van der Waals surface area contributed by atoms with Crippen molar-refractivity contribution >= 4 is 17.3 Å². The van der Waals surface area contributed by atoms with Crippen molar-refractivity contribution in [1.82, 2.24) is 10.6 Å². The second-order valence-corrected chi connectivity index (χ2v) is 5.68. The van der Waals surface area contributed by atoms with Crippen LogP contribution in [-0.2, 0) is 0 Å². The first-order chi connectivity index (χ1) is 11.2. The fraction of sp³-hybridized carbons (Fsp3) is 0.562. The Kier molecular flexibility index (Phi) is 6.65. The number of anilines is 1. The average molecular weight is 319 g/mol. The van der Waals surface area contributed by atoms with E-state index in [9.17, 15) is 10.1 Å². The van der Waals surface area contributed by atoms with Gasteiger partial charge in [0.15, 0.2) is 5.96 Å². The molecule has 0 heterocycles. The molecule has 1 aliphatic rings. The van der Waals surface area contributed by atoms with Gasteiger partial charge >= 0.3 is 0 Å². The van der Waals surface area contributed by atoms with Crippen LogP contribution in [0.4, 0.5) is 11.4 Å². The Balaban J connectivity index is 1.74. The van der Waals surface area contributed by atoms with E-state index in [1.807, 2.05) is 0 Å². The predicted octanol–water partition coefficient (Wildman–Crippen LogP) is 2.50. The summed E-state index contributed by atoms with van der Waals surface area (Å²) in [5.41, 5.74) is 0.631. The molecular formula is C16H25N5O2. The highest BCUT2D eigenvalue weighted by Crippen LogP contribution is 2.22. The Hall–Kier alpha value is -2.31. The molecule has 1 saturated carbocycles. The summed E-state index contributed by atoms with van der Waals surface area (Å²) < 4.78 is 0. The first kappa shape index (κ1) is 17.1. The lowest BCUT2D eigenvalue weighted by Gasteiger charge is -2.24. The van der Waals surface area contributed by atoms with E-state index in [4.69, 9.17) is 0 Å².